The smallest absolute Gasteiger partial charge is 0.259 e. The lowest BCUT2D eigenvalue weighted by atomic mass is 10.1. The Bertz CT molecular complexity index is 1230. The molecular weight excluding hydrogens is 427 g/mol. The van der Waals surface area contributed by atoms with Gasteiger partial charge in [-0.1, -0.05) is 29.9 Å². The number of hydrogen-bond donors (Lipinski definition) is 2. The van der Waals surface area contributed by atoms with Crippen molar-refractivity contribution < 1.29 is 14.3 Å². The first kappa shape index (κ1) is 20.3. The predicted molar refractivity (Wildman–Crippen MR) is 115 cm³/mol. The summed E-state index contributed by atoms with van der Waals surface area (Å²) >= 11 is 7.49. The van der Waals surface area contributed by atoms with E-state index >= 15 is 0 Å². The number of benzene rings is 1. The van der Waals surface area contributed by atoms with Crippen molar-refractivity contribution in [2.24, 2.45) is 0 Å². The number of nitrogens with zero attached hydrogens (tertiary/aromatic N) is 3. The average Bonchev–Trinajstić information content (AvgIpc) is 3.14. The van der Waals surface area contributed by atoms with Crippen LogP contribution in [0.25, 0.3) is 21.6 Å². The zero-order chi connectivity index (χ0) is 21.3. The maximum atomic E-state index is 13.3. The first-order valence-electron chi connectivity index (χ1n) is 9.12. The van der Waals surface area contributed by atoms with E-state index in [0.717, 1.165) is 0 Å². The number of pyridine rings is 2. The van der Waals surface area contributed by atoms with Crippen LogP contribution in [0.5, 0.6) is 0 Å². The summed E-state index contributed by atoms with van der Waals surface area (Å²) in [6.45, 7) is 1.87. The van der Waals surface area contributed by atoms with Crippen LogP contribution in [0.1, 0.15) is 35.4 Å². The summed E-state index contributed by atoms with van der Waals surface area (Å²) in [5, 5.41) is 13.4. The largest absolute Gasteiger partial charge is 0.388 e. The molecule has 152 valence electrons. The predicted octanol–water partition coefficient (Wildman–Crippen LogP) is 5.24. The third-order valence-corrected chi connectivity index (χ3v) is 5.69. The SMILES string of the molecule is CC[C@@H](O)c1cnc(-c2ccc(C(=O)Nc3nc4ccc(F)cc4s3)cn2)c(Cl)c1. The van der Waals surface area contributed by atoms with Gasteiger partial charge in [0.25, 0.3) is 5.91 Å². The average molecular weight is 443 g/mol. The van der Waals surface area contributed by atoms with Crippen molar-refractivity contribution in [3.05, 3.63) is 70.8 Å². The minimum Gasteiger partial charge on any atom is -0.388 e. The molecule has 0 aliphatic carbocycles. The first-order chi connectivity index (χ1) is 14.4. The van der Waals surface area contributed by atoms with Crippen molar-refractivity contribution >= 4 is 44.2 Å². The molecule has 0 bridgehead atoms. The van der Waals surface area contributed by atoms with Crippen molar-refractivity contribution in [2.45, 2.75) is 19.4 Å². The van der Waals surface area contributed by atoms with E-state index in [4.69, 9.17) is 11.6 Å². The second-order valence-electron chi connectivity index (χ2n) is 6.54. The second-order valence-corrected chi connectivity index (χ2v) is 7.98. The van der Waals surface area contributed by atoms with Gasteiger partial charge in [0.2, 0.25) is 0 Å². The van der Waals surface area contributed by atoms with E-state index in [1.807, 2.05) is 6.92 Å². The van der Waals surface area contributed by atoms with Gasteiger partial charge >= 0.3 is 0 Å². The summed E-state index contributed by atoms with van der Waals surface area (Å²) in [6.07, 6.45) is 2.92. The number of rotatable bonds is 5. The van der Waals surface area contributed by atoms with Crippen molar-refractivity contribution in [1.29, 1.82) is 0 Å². The fourth-order valence-electron chi connectivity index (χ4n) is 2.85. The molecule has 0 aliphatic heterocycles. The number of halogens is 2. The number of nitrogens with one attached hydrogen (secondary N) is 1. The van der Waals surface area contributed by atoms with Gasteiger partial charge in [0.05, 0.1) is 32.6 Å². The van der Waals surface area contributed by atoms with E-state index in [9.17, 15) is 14.3 Å². The Morgan fingerprint density at radius 3 is 2.77 bits per heavy atom. The molecule has 0 radical (unpaired) electrons. The van der Waals surface area contributed by atoms with Gasteiger partial charge < -0.3 is 5.11 Å². The number of aliphatic hydroxyl groups excluding tert-OH is 1. The van der Waals surface area contributed by atoms with Crippen LogP contribution < -0.4 is 5.32 Å². The highest BCUT2D eigenvalue weighted by Gasteiger charge is 2.14. The van der Waals surface area contributed by atoms with Crippen LogP contribution >= 0.6 is 22.9 Å². The van der Waals surface area contributed by atoms with E-state index in [1.54, 1.807) is 30.5 Å². The van der Waals surface area contributed by atoms with Crippen LogP contribution in [0.4, 0.5) is 9.52 Å². The Kier molecular flexibility index (Phi) is 5.72. The maximum absolute atomic E-state index is 13.3. The number of amides is 1. The molecule has 2 N–H and O–H groups in total. The summed E-state index contributed by atoms with van der Waals surface area (Å²) in [6, 6.07) is 9.18. The standard InChI is InChI=1S/C21H16ClFN4O2S/c1-2-17(28)12-7-14(22)19(25-10-12)16-5-3-11(9-24-16)20(29)27-21-26-15-6-4-13(23)8-18(15)30-21/h3-10,17,28H,2H2,1H3,(H,26,27,29)/t17-/m1/s1. The highest BCUT2D eigenvalue weighted by molar-refractivity contribution is 7.22. The maximum Gasteiger partial charge on any atom is 0.259 e. The fourth-order valence-corrected chi connectivity index (χ4v) is 4.01. The molecule has 0 unspecified atom stereocenters. The normalized spacial score (nSPS) is 12.1. The summed E-state index contributed by atoms with van der Waals surface area (Å²) in [7, 11) is 0. The molecule has 0 spiro atoms. The summed E-state index contributed by atoms with van der Waals surface area (Å²) in [5.41, 5.74) is 2.55. The lowest BCUT2D eigenvalue weighted by Crippen LogP contribution is -2.12. The highest BCUT2D eigenvalue weighted by Crippen LogP contribution is 2.29. The third kappa shape index (κ3) is 4.16. The lowest BCUT2D eigenvalue weighted by Gasteiger charge is -2.10. The number of fused-ring (bicyclic) bond motifs is 1. The summed E-state index contributed by atoms with van der Waals surface area (Å²) < 4.78 is 14.0. The lowest BCUT2D eigenvalue weighted by molar-refractivity contribution is 0.102. The summed E-state index contributed by atoms with van der Waals surface area (Å²) in [5.74, 6) is -0.734. The van der Waals surface area contributed by atoms with Crippen LogP contribution in [0, 0.1) is 5.82 Å². The van der Waals surface area contributed by atoms with E-state index in [-0.39, 0.29) is 11.7 Å². The molecule has 4 aromatic rings. The van der Waals surface area contributed by atoms with Gasteiger partial charge in [-0.05, 0) is 42.8 Å². The van der Waals surface area contributed by atoms with Gasteiger partial charge in [-0.3, -0.25) is 20.1 Å². The van der Waals surface area contributed by atoms with Crippen LogP contribution in [0.15, 0.2) is 48.8 Å². The van der Waals surface area contributed by atoms with Crippen molar-refractivity contribution in [2.75, 3.05) is 5.32 Å². The van der Waals surface area contributed by atoms with Crippen LogP contribution in [0.2, 0.25) is 5.02 Å². The number of aliphatic hydroxyl groups is 1. The summed E-state index contributed by atoms with van der Waals surface area (Å²) in [4.78, 5) is 25.4. The van der Waals surface area contributed by atoms with Gasteiger partial charge in [0, 0.05) is 18.0 Å². The minimum absolute atomic E-state index is 0.332. The molecule has 6 nitrogen and oxygen atoms in total. The quantitative estimate of drug-likeness (QED) is 0.441. The molecule has 9 heteroatoms. The zero-order valence-corrected chi connectivity index (χ0v) is 17.3. The van der Waals surface area contributed by atoms with Crippen molar-refractivity contribution in [1.82, 2.24) is 15.0 Å². The van der Waals surface area contributed by atoms with E-state index in [0.29, 0.717) is 49.3 Å². The number of carbonyl (C=O) groups is 1. The van der Waals surface area contributed by atoms with Crippen molar-refractivity contribution in [3.8, 4) is 11.4 Å². The highest BCUT2D eigenvalue weighted by atomic mass is 35.5. The van der Waals surface area contributed by atoms with E-state index in [2.05, 4.69) is 20.3 Å². The molecule has 1 amide bonds. The molecule has 0 saturated carbocycles. The molecule has 1 aromatic carbocycles. The number of carbonyl (C=O) groups excluding carboxylic acids is 1. The van der Waals surface area contributed by atoms with E-state index < -0.39 is 6.10 Å². The minimum atomic E-state index is -0.623. The van der Waals surface area contributed by atoms with Crippen LogP contribution in [-0.4, -0.2) is 26.0 Å². The molecule has 3 aromatic heterocycles. The van der Waals surface area contributed by atoms with Gasteiger partial charge in [-0.15, -0.1) is 0 Å². The molecule has 1 atom stereocenters. The van der Waals surface area contributed by atoms with Gasteiger partial charge in [0.15, 0.2) is 5.13 Å². The molecule has 30 heavy (non-hydrogen) atoms. The first-order valence-corrected chi connectivity index (χ1v) is 10.3. The Balaban J connectivity index is 1.52. The molecule has 0 fully saturated rings. The van der Waals surface area contributed by atoms with Crippen LogP contribution in [0.3, 0.4) is 0 Å². The number of thiazole rings is 1. The number of anilines is 1. The zero-order valence-electron chi connectivity index (χ0n) is 15.8. The Labute approximate surface area is 180 Å². The third-order valence-electron chi connectivity index (χ3n) is 4.47. The Morgan fingerprint density at radius 2 is 2.07 bits per heavy atom. The Hall–Kier alpha value is -2.94. The number of aromatic nitrogens is 3. The van der Waals surface area contributed by atoms with Crippen molar-refractivity contribution in [3.63, 3.8) is 0 Å². The molecule has 0 saturated heterocycles. The molecule has 4 rings (SSSR count). The fraction of sp³-hybridized carbons (Fsp3) is 0.143. The molecule has 0 aliphatic rings. The number of hydrogen-bond acceptors (Lipinski definition) is 6. The van der Waals surface area contributed by atoms with Crippen LogP contribution in [-0.2, 0) is 0 Å². The topological polar surface area (TPSA) is 88.0 Å². The molecule has 3 heterocycles. The van der Waals surface area contributed by atoms with Gasteiger partial charge in [-0.2, -0.15) is 0 Å². The van der Waals surface area contributed by atoms with Gasteiger partial charge in [0.1, 0.15) is 11.5 Å². The molecular formula is C21H16ClFN4O2S. The second kappa shape index (κ2) is 8.43. The Morgan fingerprint density at radius 1 is 1.23 bits per heavy atom. The van der Waals surface area contributed by atoms with E-state index in [1.165, 1.54) is 29.7 Å². The van der Waals surface area contributed by atoms with Gasteiger partial charge in [-0.25, -0.2) is 9.37 Å². The monoisotopic (exact) mass is 442 g/mol.